The van der Waals surface area contributed by atoms with Crippen LogP contribution in [0.4, 0.5) is 0 Å². The Balaban J connectivity index is 1.23. The molecule has 2 nitrogen and oxygen atoms in total. The van der Waals surface area contributed by atoms with E-state index in [1.165, 1.54) is 43.7 Å². The molecule has 6 aromatic rings. The molecule has 4 aromatic carbocycles. The van der Waals surface area contributed by atoms with Crippen molar-refractivity contribution in [2.75, 3.05) is 0 Å². The number of nitrogens with one attached hydrogen (secondary N) is 2. The molecule has 0 radical (unpaired) electrons. The Morgan fingerprint density at radius 3 is 1.41 bits per heavy atom. The van der Waals surface area contributed by atoms with Crippen LogP contribution in [0.15, 0.2) is 84.9 Å². The van der Waals surface area contributed by atoms with E-state index in [4.69, 9.17) is 0 Å². The summed E-state index contributed by atoms with van der Waals surface area (Å²) >= 11 is 0. The molecule has 32 heavy (non-hydrogen) atoms. The molecule has 0 bridgehead atoms. The third kappa shape index (κ3) is 3.11. The van der Waals surface area contributed by atoms with Gasteiger partial charge in [-0.1, -0.05) is 84.6 Å². The van der Waals surface area contributed by atoms with Crippen molar-refractivity contribution in [3.8, 4) is 23.7 Å². The van der Waals surface area contributed by atoms with Crippen molar-refractivity contribution in [2.45, 2.75) is 12.8 Å². The van der Waals surface area contributed by atoms with E-state index in [0.717, 1.165) is 11.0 Å². The van der Waals surface area contributed by atoms with Gasteiger partial charge in [-0.25, -0.2) is 0 Å². The zero-order chi connectivity index (χ0) is 21.3. The van der Waals surface area contributed by atoms with Crippen LogP contribution in [0.2, 0.25) is 0 Å². The fraction of sp³-hybridized carbons (Fsp3) is 0.0667. The van der Waals surface area contributed by atoms with Gasteiger partial charge in [0, 0.05) is 45.4 Å². The van der Waals surface area contributed by atoms with E-state index in [-0.39, 0.29) is 0 Å². The first-order valence-electron chi connectivity index (χ1n) is 10.8. The predicted molar refractivity (Wildman–Crippen MR) is 135 cm³/mol. The number of rotatable bonds is 2. The minimum absolute atomic E-state index is 0.677. The first kappa shape index (κ1) is 18.4. The molecule has 0 aliphatic carbocycles. The summed E-state index contributed by atoms with van der Waals surface area (Å²) in [5.41, 5.74) is 7.07. The second-order valence-electron chi connectivity index (χ2n) is 7.98. The Morgan fingerprint density at radius 2 is 0.906 bits per heavy atom. The summed E-state index contributed by atoms with van der Waals surface area (Å²) in [6.45, 7) is 0. The van der Waals surface area contributed by atoms with Gasteiger partial charge in [-0.3, -0.25) is 0 Å². The number of hydrogen-bond acceptors (Lipinski definition) is 0. The van der Waals surface area contributed by atoms with E-state index in [1.54, 1.807) is 0 Å². The van der Waals surface area contributed by atoms with Crippen LogP contribution in [-0.2, 0) is 12.8 Å². The normalized spacial score (nSPS) is 10.9. The Morgan fingerprint density at radius 1 is 0.469 bits per heavy atom. The quantitative estimate of drug-likeness (QED) is 0.297. The van der Waals surface area contributed by atoms with E-state index in [0.29, 0.717) is 12.8 Å². The molecule has 0 saturated heterocycles. The van der Waals surface area contributed by atoms with Crippen molar-refractivity contribution in [1.29, 1.82) is 0 Å². The van der Waals surface area contributed by atoms with Crippen molar-refractivity contribution in [3.05, 3.63) is 96.1 Å². The van der Waals surface area contributed by atoms with Crippen LogP contribution in [0.1, 0.15) is 11.1 Å². The number of H-pyrrole nitrogens is 2. The van der Waals surface area contributed by atoms with Gasteiger partial charge < -0.3 is 9.97 Å². The van der Waals surface area contributed by atoms with Crippen LogP contribution in [0, 0.1) is 23.7 Å². The minimum Gasteiger partial charge on any atom is -0.354 e. The summed E-state index contributed by atoms with van der Waals surface area (Å²) in [7, 11) is 0. The highest BCUT2D eigenvalue weighted by atomic mass is 14.7. The zero-order valence-corrected chi connectivity index (χ0v) is 17.5. The lowest BCUT2D eigenvalue weighted by Gasteiger charge is -1.98. The highest BCUT2D eigenvalue weighted by molar-refractivity contribution is 6.09. The predicted octanol–water partition coefficient (Wildman–Crippen LogP) is 6.75. The second-order valence-corrected chi connectivity index (χ2v) is 7.98. The van der Waals surface area contributed by atoms with E-state index in [2.05, 4.69) is 119 Å². The molecule has 2 heterocycles. The van der Waals surface area contributed by atoms with Crippen molar-refractivity contribution < 1.29 is 0 Å². The number of aromatic nitrogens is 2. The molecular formula is C30H20N2. The number of hydrogen-bond donors (Lipinski definition) is 2. The second kappa shape index (κ2) is 7.69. The standard InChI is InChI=1S/C30H20N2/c1(3-11-21-13-9-17-25-23-15-5-7-19-27(23)31-29(21)25)2-4-12-22-14-10-18-26-24-16-6-8-20-28(24)32-30(22)26/h5-10,13-20,31-32H,11-12H2. The summed E-state index contributed by atoms with van der Waals surface area (Å²) < 4.78 is 0. The van der Waals surface area contributed by atoms with Gasteiger partial charge in [0.05, 0.1) is 11.0 Å². The fourth-order valence-electron chi connectivity index (χ4n) is 4.53. The molecule has 0 unspecified atom stereocenters. The molecule has 0 fully saturated rings. The summed E-state index contributed by atoms with van der Waals surface area (Å²) in [6, 6.07) is 29.6. The van der Waals surface area contributed by atoms with Gasteiger partial charge in [-0.05, 0) is 35.1 Å². The van der Waals surface area contributed by atoms with Crippen LogP contribution in [0.5, 0.6) is 0 Å². The highest BCUT2D eigenvalue weighted by Gasteiger charge is 2.07. The van der Waals surface area contributed by atoms with Gasteiger partial charge in [-0.15, -0.1) is 0 Å². The van der Waals surface area contributed by atoms with Gasteiger partial charge in [0.15, 0.2) is 0 Å². The Labute approximate surface area is 186 Å². The van der Waals surface area contributed by atoms with Gasteiger partial charge in [0.2, 0.25) is 0 Å². The third-order valence-corrected chi connectivity index (χ3v) is 6.05. The molecule has 150 valence electrons. The largest absolute Gasteiger partial charge is 0.354 e. The van der Waals surface area contributed by atoms with Gasteiger partial charge in [0.1, 0.15) is 0 Å². The monoisotopic (exact) mass is 408 g/mol. The molecule has 2 aromatic heterocycles. The molecule has 0 atom stereocenters. The third-order valence-electron chi connectivity index (χ3n) is 6.05. The van der Waals surface area contributed by atoms with Crippen LogP contribution in [0.25, 0.3) is 43.6 Å². The smallest absolute Gasteiger partial charge is 0.0507 e. The summed E-state index contributed by atoms with van der Waals surface area (Å²) in [5, 5.41) is 5.00. The molecule has 2 heteroatoms. The average molecular weight is 409 g/mol. The van der Waals surface area contributed by atoms with E-state index in [1.807, 2.05) is 0 Å². The molecule has 0 amide bonds. The van der Waals surface area contributed by atoms with Gasteiger partial charge >= 0.3 is 0 Å². The number of fused-ring (bicyclic) bond motifs is 6. The molecule has 0 aliphatic rings. The topological polar surface area (TPSA) is 31.6 Å². The molecule has 0 saturated carbocycles. The maximum atomic E-state index is 3.54. The summed E-state index contributed by atoms with van der Waals surface area (Å²) in [4.78, 5) is 7.08. The van der Waals surface area contributed by atoms with Crippen LogP contribution >= 0.6 is 0 Å². The van der Waals surface area contributed by atoms with Crippen LogP contribution < -0.4 is 0 Å². The number of benzene rings is 4. The fourth-order valence-corrected chi connectivity index (χ4v) is 4.53. The SMILES string of the molecule is C(C#CCc1cccc2c1[nH]c1ccccc12)#CCc1cccc2c1[nH]c1ccccc12. The molecular weight excluding hydrogens is 388 g/mol. The lowest BCUT2D eigenvalue weighted by molar-refractivity contribution is 1.33. The average Bonchev–Trinajstić information content (AvgIpc) is 3.41. The first-order chi connectivity index (χ1) is 15.9. The van der Waals surface area contributed by atoms with Crippen LogP contribution in [0.3, 0.4) is 0 Å². The summed E-state index contributed by atoms with van der Waals surface area (Å²) in [6.07, 6.45) is 1.35. The Kier molecular flexibility index (Phi) is 4.42. The summed E-state index contributed by atoms with van der Waals surface area (Å²) in [5.74, 6) is 12.5. The number of aromatic amines is 2. The Hall–Kier alpha value is -4.40. The number of para-hydroxylation sites is 4. The lowest BCUT2D eigenvalue weighted by Crippen LogP contribution is -1.84. The zero-order valence-electron chi connectivity index (χ0n) is 17.5. The molecule has 6 rings (SSSR count). The van der Waals surface area contributed by atoms with Crippen molar-refractivity contribution in [2.24, 2.45) is 0 Å². The highest BCUT2D eigenvalue weighted by Crippen LogP contribution is 2.28. The van der Waals surface area contributed by atoms with E-state index < -0.39 is 0 Å². The van der Waals surface area contributed by atoms with E-state index >= 15 is 0 Å². The van der Waals surface area contributed by atoms with Crippen LogP contribution in [-0.4, -0.2) is 9.97 Å². The maximum absolute atomic E-state index is 3.54. The minimum atomic E-state index is 0.677. The Bertz CT molecular complexity index is 1610. The van der Waals surface area contributed by atoms with Crippen molar-refractivity contribution in [1.82, 2.24) is 9.97 Å². The maximum Gasteiger partial charge on any atom is 0.0507 e. The van der Waals surface area contributed by atoms with Gasteiger partial charge in [-0.2, -0.15) is 0 Å². The van der Waals surface area contributed by atoms with Crippen molar-refractivity contribution >= 4 is 43.6 Å². The first-order valence-corrected chi connectivity index (χ1v) is 10.8. The van der Waals surface area contributed by atoms with Gasteiger partial charge in [0.25, 0.3) is 0 Å². The molecule has 0 spiro atoms. The van der Waals surface area contributed by atoms with Crippen molar-refractivity contribution in [3.63, 3.8) is 0 Å². The lowest BCUT2D eigenvalue weighted by atomic mass is 10.1. The van der Waals surface area contributed by atoms with E-state index in [9.17, 15) is 0 Å². The molecule has 0 aliphatic heterocycles. The molecule has 2 N–H and O–H groups in total.